The molecule has 0 amide bonds. The highest BCUT2D eigenvalue weighted by Gasteiger charge is 2.58. The fourth-order valence-electron chi connectivity index (χ4n) is 3.07. The lowest BCUT2D eigenvalue weighted by atomic mass is 9.42. The smallest absolute Gasteiger partial charge is 0.0312 e. The number of hydrogen-bond acceptors (Lipinski definition) is 2. The van der Waals surface area contributed by atoms with Crippen LogP contribution in [-0.4, -0.2) is 11.0 Å². The average Bonchev–Trinajstić information content (AvgIpc) is 2.11. The molecule has 2 heteroatoms. The SMILES string of the molecule is CC(NCc1cccnc1)C12CC(C1)C2. The molecule has 0 saturated heterocycles. The molecule has 0 aromatic carbocycles. The summed E-state index contributed by atoms with van der Waals surface area (Å²) in [5.74, 6) is 1.08. The van der Waals surface area contributed by atoms with Gasteiger partial charge in [0, 0.05) is 25.0 Å². The Balaban J connectivity index is 1.54. The number of nitrogens with zero attached hydrogens (tertiary/aromatic N) is 1. The van der Waals surface area contributed by atoms with Gasteiger partial charge in [-0.2, -0.15) is 0 Å². The van der Waals surface area contributed by atoms with Crippen LogP contribution in [0.1, 0.15) is 31.7 Å². The molecular formula is C13H18N2. The van der Waals surface area contributed by atoms with Crippen molar-refractivity contribution < 1.29 is 0 Å². The van der Waals surface area contributed by atoms with Crippen molar-refractivity contribution in [3.63, 3.8) is 0 Å². The van der Waals surface area contributed by atoms with E-state index in [-0.39, 0.29) is 0 Å². The fourth-order valence-corrected chi connectivity index (χ4v) is 3.07. The largest absolute Gasteiger partial charge is 0.310 e. The number of nitrogens with one attached hydrogen (secondary N) is 1. The number of hydrogen-bond donors (Lipinski definition) is 1. The molecule has 1 unspecified atom stereocenters. The minimum atomic E-state index is 0.669. The molecule has 2 nitrogen and oxygen atoms in total. The van der Waals surface area contributed by atoms with Gasteiger partial charge in [-0.3, -0.25) is 4.98 Å². The van der Waals surface area contributed by atoms with E-state index in [2.05, 4.69) is 23.3 Å². The molecule has 2 bridgehead atoms. The molecule has 0 radical (unpaired) electrons. The van der Waals surface area contributed by atoms with E-state index in [0.29, 0.717) is 11.5 Å². The summed E-state index contributed by atoms with van der Waals surface area (Å²) >= 11 is 0. The molecule has 1 atom stereocenters. The van der Waals surface area contributed by atoms with Gasteiger partial charge in [0.2, 0.25) is 0 Å². The van der Waals surface area contributed by atoms with Crippen LogP contribution in [0.5, 0.6) is 0 Å². The third kappa shape index (κ3) is 1.48. The first-order chi connectivity index (χ1) is 7.28. The fraction of sp³-hybridized carbons (Fsp3) is 0.615. The Hall–Kier alpha value is -0.890. The van der Waals surface area contributed by atoms with Crippen molar-refractivity contribution in [1.82, 2.24) is 10.3 Å². The third-order valence-corrected chi connectivity index (χ3v) is 4.34. The lowest BCUT2D eigenvalue weighted by Gasteiger charge is -2.65. The van der Waals surface area contributed by atoms with Crippen molar-refractivity contribution in [3.8, 4) is 0 Å². The van der Waals surface area contributed by atoms with Gasteiger partial charge in [-0.25, -0.2) is 0 Å². The van der Waals surface area contributed by atoms with Gasteiger partial charge in [0.05, 0.1) is 0 Å². The van der Waals surface area contributed by atoms with Gasteiger partial charge < -0.3 is 5.32 Å². The van der Waals surface area contributed by atoms with Crippen LogP contribution in [0.3, 0.4) is 0 Å². The minimum Gasteiger partial charge on any atom is -0.310 e. The predicted octanol–water partition coefficient (Wildman–Crippen LogP) is 2.36. The topological polar surface area (TPSA) is 24.9 Å². The van der Waals surface area contributed by atoms with E-state index < -0.39 is 0 Å². The second kappa shape index (κ2) is 3.31. The van der Waals surface area contributed by atoms with Crippen molar-refractivity contribution in [2.24, 2.45) is 11.3 Å². The minimum absolute atomic E-state index is 0.669. The second-order valence-electron chi connectivity index (χ2n) is 5.30. The predicted molar refractivity (Wildman–Crippen MR) is 60.3 cm³/mol. The highest BCUT2D eigenvalue weighted by atomic mass is 14.9. The molecule has 3 fully saturated rings. The summed E-state index contributed by atoms with van der Waals surface area (Å²) in [5.41, 5.74) is 1.96. The van der Waals surface area contributed by atoms with Gasteiger partial charge in [0.25, 0.3) is 0 Å². The van der Waals surface area contributed by atoms with Gasteiger partial charge in [0.1, 0.15) is 0 Å². The van der Waals surface area contributed by atoms with Gasteiger partial charge in [-0.1, -0.05) is 6.07 Å². The van der Waals surface area contributed by atoms with E-state index in [1.54, 1.807) is 0 Å². The number of rotatable bonds is 4. The summed E-state index contributed by atoms with van der Waals surface area (Å²) in [5, 5.41) is 3.64. The van der Waals surface area contributed by atoms with E-state index in [9.17, 15) is 0 Å². The maximum absolute atomic E-state index is 4.13. The molecule has 1 N–H and O–H groups in total. The quantitative estimate of drug-likeness (QED) is 0.810. The van der Waals surface area contributed by atoms with Crippen LogP contribution in [0.4, 0.5) is 0 Å². The highest BCUT2D eigenvalue weighted by Crippen LogP contribution is 2.66. The lowest BCUT2D eigenvalue weighted by Crippen LogP contribution is -2.61. The molecule has 3 aliphatic carbocycles. The van der Waals surface area contributed by atoms with Gasteiger partial charge in [-0.15, -0.1) is 0 Å². The Labute approximate surface area is 91.1 Å². The van der Waals surface area contributed by atoms with Gasteiger partial charge >= 0.3 is 0 Å². The molecule has 3 saturated carbocycles. The first-order valence-corrected chi connectivity index (χ1v) is 5.91. The molecule has 3 aliphatic rings. The van der Waals surface area contributed by atoms with E-state index in [4.69, 9.17) is 0 Å². The maximum Gasteiger partial charge on any atom is 0.0312 e. The molecule has 15 heavy (non-hydrogen) atoms. The summed E-state index contributed by atoms with van der Waals surface area (Å²) in [7, 11) is 0. The van der Waals surface area contributed by atoms with Crippen LogP contribution in [0.2, 0.25) is 0 Å². The second-order valence-corrected chi connectivity index (χ2v) is 5.30. The average molecular weight is 202 g/mol. The Morgan fingerprint density at radius 3 is 2.87 bits per heavy atom. The number of pyridine rings is 1. The molecule has 80 valence electrons. The normalized spacial score (nSPS) is 34.1. The summed E-state index contributed by atoms with van der Waals surface area (Å²) in [6.07, 6.45) is 8.17. The Morgan fingerprint density at radius 2 is 2.33 bits per heavy atom. The monoisotopic (exact) mass is 202 g/mol. The maximum atomic E-state index is 4.13. The van der Waals surface area contributed by atoms with Crippen LogP contribution in [0, 0.1) is 11.3 Å². The summed E-state index contributed by atoms with van der Waals surface area (Å²) < 4.78 is 0. The molecule has 0 spiro atoms. The molecule has 1 aromatic heterocycles. The molecule has 1 aromatic rings. The van der Waals surface area contributed by atoms with Crippen molar-refractivity contribution in [1.29, 1.82) is 0 Å². The van der Waals surface area contributed by atoms with Crippen molar-refractivity contribution in [2.75, 3.05) is 0 Å². The molecule has 0 aliphatic heterocycles. The summed E-state index contributed by atoms with van der Waals surface area (Å²) in [4.78, 5) is 4.13. The van der Waals surface area contributed by atoms with E-state index in [1.165, 1.54) is 24.8 Å². The Morgan fingerprint density at radius 1 is 1.53 bits per heavy atom. The zero-order valence-electron chi connectivity index (χ0n) is 9.24. The Bertz CT molecular complexity index is 330. The zero-order valence-corrected chi connectivity index (χ0v) is 9.24. The standard InChI is InChI=1S/C13H18N2/c1-10(13-5-12(6-13)7-13)15-9-11-3-2-4-14-8-11/h2-4,8,10,12,15H,5-7,9H2,1H3. The first-order valence-electron chi connectivity index (χ1n) is 5.91. The van der Waals surface area contributed by atoms with Crippen molar-refractivity contribution >= 4 is 0 Å². The molecule has 4 rings (SSSR count). The van der Waals surface area contributed by atoms with Gasteiger partial charge in [0.15, 0.2) is 0 Å². The molecule has 1 heterocycles. The van der Waals surface area contributed by atoms with Gasteiger partial charge in [-0.05, 0) is 49.1 Å². The lowest BCUT2D eigenvalue weighted by molar-refractivity contribution is -0.129. The zero-order chi connectivity index (χ0) is 10.3. The molecular weight excluding hydrogens is 184 g/mol. The first kappa shape index (κ1) is 9.34. The third-order valence-electron chi connectivity index (χ3n) is 4.34. The van der Waals surface area contributed by atoms with Crippen LogP contribution in [0.25, 0.3) is 0 Å². The number of aromatic nitrogens is 1. The van der Waals surface area contributed by atoms with Crippen LogP contribution >= 0.6 is 0 Å². The van der Waals surface area contributed by atoms with Crippen LogP contribution in [0.15, 0.2) is 24.5 Å². The summed E-state index contributed by atoms with van der Waals surface area (Å²) in [6.45, 7) is 3.30. The van der Waals surface area contributed by atoms with E-state index in [1.807, 2.05) is 18.5 Å². The van der Waals surface area contributed by atoms with E-state index >= 15 is 0 Å². The van der Waals surface area contributed by atoms with Crippen molar-refractivity contribution in [2.45, 2.75) is 38.8 Å². The van der Waals surface area contributed by atoms with Crippen LogP contribution < -0.4 is 5.32 Å². The van der Waals surface area contributed by atoms with Crippen LogP contribution in [-0.2, 0) is 6.54 Å². The Kier molecular flexibility index (Phi) is 2.06. The van der Waals surface area contributed by atoms with Crippen molar-refractivity contribution in [3.05, 3.63) is 30.1 Å². The summed E-state index contributed by atoms with van der Waals surface area (Å²) in [6, 6.07) is 4.81. The highest BCUT2D eigenvalue weighted by molar-refractivity contribution is 5.13. The van der Waals surface area contributed by atoms with E-state index in [0.717, 1.165) is 12.5 Å².